The number of aromatic amines is 1. The van der Waals surface area contributed by atoms with Crippen molar-refractivity contribution in [2.45, 2.75) is 18.9 Å². The molecule has 6 rings (SSSR count). The van der Waals surface area contributed by atoms with E-state index in [1.807, 2.05) is 16.9 Å². The highest BCUT2D eigenvalue weighted by atomic mass is 19.1. The summed E-state index contributed by atoms with van der Waals surface area (Å²) in [5, 5.41) is 22.2. The third kappa shape index (κ3) is 3.91. The summed E-state index contributed by atoms with van der Waals surface area (Å²) in [5.74, 6) is 1.14. The van der Waals surface area contributed by atoms with Crippen LogP contribution in [0.2, 0.25) is 0 Å². The highest BCUT2D eigenvalue weighted by Crippen LogP contribution is 2.31. The fourth-order valence-electron chi connectivity index (χ4n) is 4.48. The van der Waals surface area contributed by atoms with Crippen LogP contribution in [0.5, 0.6) is 0 Å². The molecule has 9 nitrogen and oxygen atoms in total. The van der Waals surface area contributed by atoms with Crippen molar-refractivity contribution in [3.63, 3.8) is 0 Å². The predicted octanol–water partition coefficient (Wildman–Crippen LogP) is 3.60. The number of anilines is 1. The smallest absolute Gasteiger partial charge is 0.156 e. The Bertz CT molecular complexity index is 1540. The molecule has 1 aliphatic rings. The lowest BCUT2D eigenvalue weighted by molar-refractivity contribution is 0.101. The van der Waals surface area contributed by atoms with Crippen molar-refractivity contribution in [1.82, 2.24) is 34.8 Å². The first kappa shape index (κ1) is 22.1. The van der Waals surface area contributed by atoms with Crippen LogP contribution >= 0.6 is 0 Å². The van der Waals surface area contributed by atoms with Gasteiger partial charge in [0.25, 0.3) is 0 Å². The number of hydrogen-bond acceptors (Lipinski definition) is 7. The molecule has 0 bridgehead atoms. The maximum atomic E-state index is 13.3. The minimum absolute atomic E-state index is 0.350. The van der Waals surface area contributed by atoms with Crippen LogP contribution in [-0.4, -0.2) is 53.0 Å². The summed E-state index contributed by atoms with van der Waals surface area (Å²) in [5.41, 5.74) is 3.77. The third-order valence-electron chi connectivity index (χ3n) is 6.63. The van der Waals surface area contributed by atoms with Crippen LogP contribution in [0.15, 0.2) is 73.7 Å². The van der Waals surface area contributed by atoms with Gasteiger partial charge in [-0.1, -0.05) is 18.2 Å². The SMILES string of the molecule is C[C@](O)(c1ccc(F)cc1)c1cnc(C2=CCN(c3ncnn4cc(-c5cn[nH]c5)cc34)CC2)nc1. The van der Waals surface area contributed by atoms with Crippen LogP contribution in [-0.2, 0) is 5.60 Å². The Hall–Kier alpha value is -4.44. The topological polar surface area (TPSA) is 108 Å². The van der Waals surface area contributed by atoms with E-state index in [4.69, 9.17) is 0 Å². The molecule has 0 saturated carbocycles. The number of halogens is 1. The second kappa shape index (κ2) is 8.65. The van der Waals surface area contributed by atoms with Gasteiger partial charge in [0.15, 0.2) is 11.6 Å². The Balaban J connectivity index is 1.21. The van der Waals surface area contributed by atoms with E-state index in [0.717, 1.165) is 41.0 Å². The van der Waals surface area contributed by atoms with E-state index in [2.05, 4.69) is 47.3 Å². The van der Waals surface area contributed by atoms with E-state index >= 15 is 0 Å². The van der Waals surface area contributed by atoms with E-state index < -0.39 is 5.60 Å². The minimum atomic E-state index is -1.32. The lowest BCUT2D eigenvalue weighted by atomic mass is 9.90. The Labute approximate surface area is 206 Å². The number of hydrogen-bond donors (Lipinski definition) is 2. The molecule has 0 radical (unpaired) electrons. The minimum Gasteiger partial charge on any atom is -0.381 e. The summed E-state index contributed by atoms with van der Waals surface area (Å²) in [6.45, 7) is 3.06. The van der Waals surface area contributed by atoms with Crippen molar-refractivity contribution < 1.29 is 9.50 Å². The number of aromatic nitrogens is 7. The van der Waals surface area contributed by atoms with Crippen molar-refractivity contribution in [3.05, 3.63) is 96.5 Å². The molecular weight excluding hydrogens is 459 g/mol. The molecular formula is C26H23FN8O. The standard InChI is InChI=1S/C26H23FN8O/c1-26(36,20-2-4-22(27)5-3-20)21-13-28-24(29-14-21)17-6-8-34(9-7-17)25-23-10-18(19-11-31-32-12-19)15-35(23)33-16-30-25/h2-6,10-16,36H,7-9H2,1H3,(H,31,32)/t26-/m0/s1. The molecule has 0 fully saturated rings. The molecule has 180 valence electrons. The third-order valence-corrected chi connectivity index (χ3v) is 6.63. The summed E-state index contributed by atoms with van der Waals surface area (Å²) in [6, 6.07) is 7.85. The van der Waals surface area contributed by atoms with E-state index in [1.54, 1.807) is 44.0 Å². The molecule has 0 saturated heterocycles. The van der Waals surface area contributed by atoms with E-state index in [1.165, 1.54) is 12.1 Å². The molecule has 0 amide bonds. The molecule has 1 atom stereocenters. The zero-order chi connectivity index (χ0) is 24.7. The van der Waals surface area contributed by atoms with Crippen LogP contribution in [0, 0.1) is 5.82 Å². The molecule has 2 N–H and O–H groups in total. The normalized spacial score (nSPS) is 15.6. The van der Waals surface area contributed by atoms with E-state index in [9.17, 15) is 9.50 Å². The number of rotatable bonds is 5. The van der Waals surface area contributed by atoms with Gasteiger partial charge in [-0.3, -0.25) is 5.10 Å². The van der Waals surface area contributed by atoms with Gasteiger partial charge in [0, 0.05) is 54.6 Å². The maximum Gasteiger partial charge on any atom is 0.156 e. The van der Waals surface area contributed by atoms with Crippen molar-refractivity contribution in [1.29, 1.82) is 0 Å². The second-order valence-electron chi connectivity index (χ2n) is 8.93. The monoisotopic (exact) mass is 482 g/mol. The van der Waals surface area contributed by atoms with Crippen molar-refractivity contribution in [2.24, 2.45) is 0 Å². The molecule has 1 aromatic carbocycles. The summed E-state index contributed by atoms with van der Waals surface area (Å²) in [7, 11) is 0. The first-order chi connectivity index (χ1) is 17.5. The molecule has 0 aliphatic carbocycles. The number of H-pyrrole nitrogens is 1. The van der Waals surface area contributed by atoms with Gasteiger partial charge in [0.2, 0.25) is 0 Å². The van der Waals surface area contributed by atoms with Crippen molar-refractivity contribution in [3.8, 4) is 11.1 Å². The van der Waals surface area contributed by atoms with Gasteiger partial charge in [-0.25, -0.2) is 23.9 Å². The number of fused-ring (bicyclic) bond motifs is 1. The maximum absolute atomic E-state index is 13.3. The largest absolute Gasteiger partial charge is 0.381 e. The Morgan fingerprint density at radius 2 is 1.83 bits per heavy atom. The van der Waals surface area contributed by atoms with Gasteiger partial charge in [0.05, 0.1) is 6.20 Å². The lowest BCUT2D eigenvalue weighted by Gasteiger charge is -2.27. The quantitative estimate of drug-likeness (QED) is 0.394. The molecule has 4 aromatic heterocycles. The Morgan fingerprint density at radius 3 is 2.53 bits per heavy atom. The predicted molar refractivity (Wildman–Crippen MR) is 132 cm³/mol. The number of benzene rings is 1. The van der Waals surface area contributed by atoms with Gasteiger partial charge in [-0.2, -0.15) is 10.2 Å². The van der Waals surface area contributed by atoms with Crippen LogP contribution in [0.4, 0.5) is 10.2 Å². The molecule has 0 unspecified atom stereocenters. The highest BCUT2D eigenvalue weighted by Gasteiger charge is 2.27. The fourth-order valence-corrected chi connectivity index (χ4v) is 4.48. The zero-order valence-electron chi connectivity index (χ0n) is 19.5. The first-order valence-electron chi connectivity index (χ1n) is 11.6. The van der Waals surface area contributed by atoms with Crippen molar-refractivity contribution >= 4 is 16.9 Å². The molecule has 1 aliphatic heterocycles. The van der Waals surface area contributed by atoms with Crippen LogP contribution < -0.4 is 4.90 Å². The summed E-state index contributed by atoms with van der Waals surface area (Å²) in [4.78, 5) is 15.8. The zero-order valence-corrected chi connectivity index (χ0v) is 19.5. The van der Waals surface area contributed by atoms with Crippen LogP contribution in [0.1, 0.15) is 30.3 Å². The first-order valence-corrected chi connectivity index (χ1v) is 11.6. The summed E-state index contributed by atoms with van der Waals surface area (Å²) < 4.78 is 15.1. The fraction of sp³-hybridized carbons (Fsp3) is 0.192. The summed E-state index contributed by atoms with van der Waals surface area (Å²) in [6.07, 6.45) is 13.3. The van der Waals surface area contributed by atoms with Crippen molar-refractivity contribution in [2.75, 3.05) is 18.0 Å². The lowest BCUT2D eigenvalue weighted by Crippen LogP contribution is -2.30. The van der Waals surface area contributed by atoms with E-state index in [-0.39, 0.29) is 5.82 Å². The average molecular weight is 483 g/mol. The van der Waals surface area contributed by atoms with Gasteiger partial charge in [-0.05, 0) is 42.7 Å². The van der Waals surface area contributed by atoms with Gasteiger partial charge in [-0.15, -0.1) is 0 Å². The van der Waals surface area contributed by atoms with Crippen LogP contribution in [0.3, 0.4) is 0 Å². The highest BCUT2D eigenvalue weighted by molar-refractivity contribution is 5.78. The van der Waals surface area contributed by atoms with Gasteiger partial charge in [0.1, 0.15) is 23.3 Å². The molecule has 5 heterocycles. The molecule has 10 heteroatoms. The van der Waals surface area contributed by atoms with Gasteiger partial charge < -0.3 is 10.0 Å². The molecule has 0 spiro atoms. The summed E-state index contributed by atoms with van der Waals surface area (Å²) >= 11 is 0. The second-order valence-corrected chi connectivity index (χ2v) is 8.93. The van der Waals surface area contributed by atoms with Gasteiger partial charge >= 0.3 is 0 Å². The average Bonchev–Trinajstić information content (AvgIpc) is 3.59. The van der Waals surface area contributed by atoms with E-state index in [0.29, 0.717) is 23.5 Å². The molecule has 5 aromatic rings. The van der Waals surface area contributed by atoms with Crippen LogP contribution in [0.25, 0.3) is 22.2 Å². The molecule has 36 heavy (non-hydrogen) atoms. The number of aliphatic hydroxyl groups is 1. The Morgan fingerprint density at radius 1 is 1.03 bits per heavy atom. The number of nitrogens with zero attached hydrogens (tertiary/aromatic N) is 7. The number of nitrogens with one attached hydrogen (secondary N) is 1. The Kier molecular flexibility index (Phi) is 5.30.